The van der Waals surface area contributed by atoms with Gasteiger partial charge in [-0.2, -0.15) is 0 Å². The summed E-state index contributed by atoms with van der Waals surface area (Å²) in [7, 11) is 3.11. The van der Waals surface area contributed by atoms with E-state index in [1.165, 1.54) is 6.33 Å². The lowest BCUT2D eigenvalue weighted by Crippen LogP contribution is -2.32. The molecule has 0 atom stereocenters. The number of nitro groups is 1. The van der Waals surface area contributed by atoms with Gasteiger partial charge >= 0.3 is 5.69 Å². The van der Waals surface area contributed by atoms with Gasteiger partial charge in [-0.15, -0.1) is 0 Å². The summed E-state index contributed by atoms with van der Waals surface area (Å²) in [6.07, 6.45) is 1.25. The average molecular weight is 416 g/mol. The van der Waals surface area contributed by atoms with Crippen molar-refractivity contribution >= 4 is 46.2 Å². The van der Waals surface area contributed by atoms with Crippen LogP contribution < -0.4 is 10.2 Å². The Hall–Kier alpha value is -2.20. The number of halogens is 2. The third kappa shape index (κ3) is 5.90. The third-order valence-corrected chi connectivity index (χ3v) is 3.98. The van der Waals surface area contributed by atoms with Gasteiger partial charge in [0, 0.05) is 43.0 Å². The summed E-state index contributed by atoms with van der Waals surface area (Å²) in [6, 6.07) is 4.74. The first-order valence-electron chi connectivity index (χ1n) is 7.91. The summed E-state index contributed by atoms with van der Waals surface area (Å²) in [5.41, 5.74) is 0.210. The number of hydrogen-bond donors (Lipinski definition) is 1. The molecular formula is C16H19Cl2N5O4. The highest BCUT2D eigenvalue weighted by Gasteiger charge is 2.27. The highest BCUT2D eigenvalue weighted by atomic mass is 35.5. The number of aromatic nitrogens is 2. The van der Waals surface area contributed by atoms with Crippen molar-refractivity contribution in [3.05, 3.63) is 44.7 Å². The summed E-state index contributed by atoms with van der Waals surface area (Å²) in [5.74, 6) is 0.197. The van der Waals surface area contributed by atoms with Crippen LogP contribution in [0.15, 0.2) is 24.5 Å². The Balaban J connectivity index is 2.43. The van der Waals surface area contributed by atoms with Crippen molar-refractivity contribution in [3.63, 3.8) is 0 Å². The number of nitrogens with one attached hydrogen (secondary N) is 1. The second-order valence-electron chi connectivity index (χ2n) is 5.41. The Bertz CT molecular complexity index is 765. The van der Waals surface area contributed by atoms with E-state index in [0.717, 1.165) is 0 Å². The first-order chi connectivity index (χ1) is 13.0. The van der Waals surface area contributed by atoms with Crippen LogP contribution in [-0.2, 0) is 9.47 Å². The molecule has 146 valence electrons. The van der Waals surface area contributed by atoms with E-state index >= 15 is 0 Å². The van der Waals surface area contributed by atoms with Gasteiger partial charge in [0.05, 0.1) is 18.1 Å². The molecule has 0 bridgehead atoms. The third-order valence-electron chi connectivity index (χ3n) is 3.54. The van der Waals surface area contributed by atoms with Crippen LogP contribution in [0.25, 0.3) is 0 Å². The highest BCUT2D eigenvalue weighted by Crippen LogP contribution is 2.34. The predicted octanol–water partition coefficient (Wildman–Crippen LogP) is 3.53. The summed E-state index contributed by atoms with van der Waals surface area (Å²) in [6.45, 7) is 1.55. The fourth-order valence-electron chi connectivity index (χ4n) is 2.35. The molecule has 27 heavy (non-hydrogen) atoms. The van der Waals surface area contributed by atoms with Gasteiger partial charge in [-0.1, -0.05) is 23.2 Å². The maximum Gasteiger partial charge on any atom is 0.353 e. The zero-order valence-corrected chi connectivity index (χ0v) is 16.3. The van der Waals surface area contributed by atoms with Gasteiger partial charge in [0.2, 0.25) is 11.6 Å². The first-order valence-corrected chi connectivity index (χ1v) is 8.67. The van der Waals surface area contributed by atoms with E-state index in [9.17, 15) is 10.1 Å². The average Bonchev–Trinajstić information content (AvgIpc) is 2.60. The molecule has 1 heterocycles. The van der Waals surface area contributed by atoms with Crippen molar-refractivity contribution in [1.82, 2.24) is 9.97 Å². The van der Waals surface area contributed by atoms with Crippen molar-refractivity contribution in [2.75, 3.05) is 50.7 Å². The van der Waals surface area contributed by atoms with E-state index < -0.39 is 4.92 Å². The van der Waals surface area contributed by atoms with E-state index in [4.69, 9.17) is 32.7 Å². The smallest absolute Gasteiger partial charge is 0.353 e. The van der Waals surface area contributed by atoms with Crippen molar-refractivity contribution in [3.8, 4) is 0 Å². The van der Waals surface area contributed by atoms with Crippen LogP contribution >= 0.6 is 23.2 Å². The van der Waals surface area contributed by atoms with Gasteiger partial charge < -0.3 is 19.7 Å². The quantitative estimate of drug-likeness (QED) is 0.464. The van der Waals surface area contributed by atoms with Crippen LogP contribution in [0.3, 0.4) is 0 Å². The fourth-order valence-corrected chi connectivity index (χ4v) is 2.88. The first kappa shape index (κ1) is 21.1. The standard InChI is InChI=1S/C16H19Cl2N5O4/c1-26-5-3-22(4-6-27-2)16-14(23(24)25)15(19-10-20-16)21-13-8-11(17)7-12(18)9-13/h7-10H,3-6H2,1-2H3,(H,19,20,21). The Morgan fingerprint density at radius 3 is 2.22 bits per heavy atom. The van der Waals surface area contributed by atoms with Gasteiger partial charge in [-0.3, -0.25) is 10.1 Å². The molecular weight excluding hydrogens is 397 g/mol. The van der Waals surface area contributed by atoms with Crippen molar-refractivity contribution in [2.45, 2.75) is 0 Å². The second-order valence-corrected chi connectivity index (χ2v) is 6.28. The van der Waals surface area contributed by atoms with Crippen LogP contribution in [0.4, 0.5) is 23.0 Å². The number of hydrogen-bond acceptors (Lipinski definition) is 8. The van der Waals surface area contributed by atoms with Crippen LogP contribution in [-0.4, -0.2) is 55.4 Å². The molecule has 0 saturated heterocycles. The Kier molecular flexibility index (Phi) is 7.99. The Morgan fingerprint density at radius 2 is 1.70 bits per heavy atom. The molecule has 0 unspecified atom stereocenters. The molecule has 0 spiro atoms. The van der Waals surface area contributed by atoms with Crippen LogP contribution in [0.5, 0.6) is 0 Å². The molecule has 0 fully saturated rings. The maximum absolute atomic E-state index is 11.8. The van der Waals surface area contributed by atoms with Crippen LogP contribution in [0, 0.1) is 10.1 Å². The lowest BCUT2D eigenvalue weighted by atomic mass is 10.3. The summed E-state index contributed by atoms with van der Waals surface area (Å²) >= 11 is 12.0. The van der Waals surface area contributed by atoms with Gasteiger partial charge in [0.1, 0.15) is 6.33 Å². The fraction of sp³-hybridized carbons (Fsp3) is 0.375. The molecule has 0 aliphatic rings. The Morgan fingerprint density at radius 1 is 1.11 bits per heavy atom. The molecule has 9 nitrogen and oxygen atoms in total. The van der Waals surface area contributed by atoms with Gasteiger partial charge in [0.15, 0.2) is 0 Å². The number of anilines is 3. The SMILES string of the molecule is COCCN(CCOC)c1ncnc(Nc2cc(Cl)cc(Cl)c2)c1[N+](=O)[O-]. The summed E-state index contributed by atoms with van der Waals surface area (Å²) < 4.78 is 10.2. The zero-order valence-electron chi connectivity index (χ0n) is 14.8. The highest BCUT2D eigenvalue weighted by molar-refractivity contribution is 6.35. The van der Waals surface area contributed by atoms with Crippen molar-refractivity contribution in [2.24, 2.45) is 0 Å². The second kappa shape index (κ2) is 10.2. The van der Waals surface area contributed by atoms with Crippen LogP contribution in [0.1, 0.15) is 0 Å². The van der Waals surface area contributed by atoms with E-state index in [0.29, 0.717) is 42.0 Å². The van der Waals surface area contributed by atoms with E-state index in [1.807, 2.05) is 0 Å². The monoisotopic (exact) mass is 415 g/mol. The lowest BCUT2D eigenvalue weighted by molar-refractivity contribution is -0.383. The molecule has 0 amide bonds. The minimum Gasteiger partial charge on any atom is -0.383 e. The van der Waals surface area contributed by atoms with Crippen molar-refractivity contribution in [1.29, 1.82) is 0 Å². The van der Waals surface area contributed by atoms with Crippen molar-refractivity contribution < 1.29 is 14.4 Å². The molecule has 1 aromatic heterocycles. The molecule has 1 N–H and O–H groups in total. The van der Waals surface area contributed by atoms with E-state index in [-0.39, 0.29) is 17.3 Å². The summed E-state index contributed by atoms with van der Waals surface area (Å²) in [4.78, 5) is 21.1. The molecule has 11 heteroatoms. The predicted molar refractivity (Wildman–Crippen MR) is 104 cm³/mol. The topological polar surface area (TPSA) is 103 Å². The number of methoxy groups -OCH3 is 2. The van der Waals surface area contributed by atoms with Gasteiger partial charge in [-0.25, -0.2) is 9.97 Å². The minimum atomic E-state index is -0.531. The molecule has 2 aromatic rings. The molecule has 0 saturated carbocycles. The zero-order chi connectivity index (χ0) is 19.8. The van der Waals surface area contributed by atoms with E-state index in [1.54, 1.807) is 37.3 Å². The molecule has 0 radical (unpaired) electrons. The molecule has 0 aliphatic heterocycles. The van der Waals surface area contributed by atoms with Crippen LogP contribution in [0.2, 0.25) is 10.0 Å². The number of nitrogens with zero attached hydrogens (tertiary/aromatic N) is 4. The molecule has 1 aromatic carbocycles. The number of rotatable bonds is 10. The van der Waals surface area contributed by atoms with Gasteiger partial charge in [-0.05, 0) is 18.2 Å². The number of ether oxygens (including phenoxy) is 2. The van der Waals surface area contributed by atoms with Gasteiger partial charge in [0.25, 0.3) is 0 Å². The Labute approximate surface area is 166 Å². The largest absolute Gasteiger partial charge is 0.383 e. The van der Waals surface area contributed by atoms with E-state index in [2.05, 4.69) is 15.3 Å². The lowest BCUT2D eigenvalue weighted by Gasteiger charge is -2.23. The summed E-state index contributed by atoms with van der Waals surface area (Å²) in [5, 5.41) is 15.4. The normalized spacial score (nSPS) is 10.7. The maximum atomic E-state index is 11.8. The molecule has 0 aliphatic carbocycles. The minimum absolute atomic E-state index is 0.0307. The number of benzene rings is 1. The molecule has 2 rings (SSSR count).